The van der Waals surface area contributed by atoms with E-state index in [-0.39, 0.29) is 30.0 Å². The number of ether oxygens (including phenoxy) is 1. The van der Waals surface area contributed by atoms with Gasteiger partial charge >= 0.3 is 6.61 Å². The number of amides is 2. The highest BCUT2D eigenvalue weighted by Gasteiger charge is 2.31. The van der Waals surface area contributed by atoms with Gasteiger partial charge in [0.05, 0.1) is 6.04 Å². The molecule has 24 heavy (non-hydrogen) atoms. The lowest BCUT2D eigenvalue weighted by atomic mass is 10.0. The molecule has 0 radical (unpaired) electrons. The van der Waals surface area contributed by atoms with E-state index in [0.29, 0.717) is 25.1 Å². The van der Waals surface area contributed by atoms with Gasteiger partial charge in [-0.2, -0.15) is 8.78 Å². The summed E-state index contributed by atoms with van der Waals surface area (Å²) in [6.07, 6.45) is 1.26. The molecule has 9 heteroatoms. The van der Waals surface area contributed by atoms with Gasteiger partial charge in [0.1, 0.15) is 11.8 Å². The molecule has 1 aliphatic heterocycles. The average Bonchev–Trinajstić information content (AvgIpc) is 2.49. The normalized spacial score (nSPS) is 18.8. The Kier molecular flexibility index (Phi) is 7.37. The first kappa shape index (κ1) is 20.1. The van der Waals surface area contributed by atoms with Crippen LogP contribution in [-0.4, -0.2) is 37.1 Å². The van der Waals surface area contributed by atoms with E-state index >= 15 is 0 Å². The van der Waals surface area contributed by atoms with Crippen molar-refractivity contribution in [2.24, 2.45) is 5.73 Å². The fraction of sp³-hybridized carbons (Fsp3) is 0.467. The van der Waals surface area contributed by atoms with Crippen molar-refractivity contribution < 1.29 is 23.1 Å². The number of anilines is 1. The highest BCUT2D eigenvalue weighted by atomic mass is 35.5. The number of halogens is 3. The predicted octanol–water partition coefficient (Wildman–Crippen LogP) is 1.67. The molecule has 3 N–H and O–H groups in total. The number of hydrogen-bond donors (Lipinski definition) is 2. The smallest absolute Gasteiger partial charge is 0.387 e. The van der Waals surface area contributed by atoms with Crippen molar-refractivity contribution in [2.75, 3.05) is 11.4 Å². The molecule has 0 aliphatic carbocycles. The lowest BCUT2D eigenvalue weighted by Gasteiger charge is -2.33. The zero-order valence-corrected chi connectivity index (χ0v) is 13.9. The number of nitrogens with zero attached hydrogens (tertiary/aromatic N) is 1. The molecule has 134 valence electrons. The zero-order valence-electron chi connectivity index (χ0n) is 13.1. The van der Waals surface area contributed by atoms with E-state index in [9.17, 15) is 18.4 Å². The Balaban J connectivity index is 0.00000288. The summed E-state index contributed by atoms with van der Waals surface area (Å²) in [6, 6.07) is 4.50. The van der Waals surface area contributed by atoms with Crippen molar-refractivity contribution >= 4 is 29.9 Å². The third-order valence-corrected chi connectivity index (χ3v) is 3.54. The first-order chi connectivity index (χ1) is 10.9. The summed E-state index contributed by atoms with van der Waals surface area (Å²) in [5.74, 6) is -0.603. The Morgan fingerprint density at radius 2 is 2.00 bits per heavy atom. The molecule has 1 saturated heterocycles. The number of rotatable bonds is 5. The number of nitrogens with two attached hydrogens (primary N) is 1. The summed E-state index contributed by atoms with van der Waals surface area (Å²) < 4.78 is 28.6. The number of nitrogens with one attached hydrogen (secondary N) is 1. The molecule has 6 nitrogen and oxygen atoms in total. The van der Waals surface area contributed by atoms with Gasteiger partial charge in [-0.3, -0.25) is 9.59 Å². The van der Waals surface area contributed by atoms with E-state index in [4.69, 9.17) is 5.73 Å². The molecule has 1 unspecified atom stereocenters. The number of benzene rings is 1. The topological polar surface area (TPSA) is 84.7 Å². The number of carbonyl (C=O) groups excluding carboxylic acids is 2. The van der Waals surface area contributed by atoms with E-state index in [1.165, 1.54) is 29.2 Å². The molecule has 1 aromatic rings. The van der Waals surface area contributed by atoms with Crippen LogP contribution in [0.25, 0.3) is 0 Å². The van der Waals surface area contributed by atoms with Crippen LogP contribution in [0, 0.1) is 0 Å². The molecule has 2 atom stereocenters. The monoisotopic (exact) mass is 363 g/mol. The fourth-order valence-corrected chi connectivity index (χ4v) is 2.38. The number of piperidine rings is 1. The molecule has 0 aromatic heterocycles. The molecule has 0 bridgehead atoms. The van der Waals surface area contributed by atoms with Crippen molar-refractivity contribution in [3.8, 4) is 5.75 Å². The number of alkyl halides is 2. The van der Waals surface area contributed by atoms with Crippen LogP contribution < -0.4 is 20.7 Å². The maximum Gasteiger partial charge on any atom is 0.387 e. The molecular formula is C15H20ClF2N3O3. The second-order valence-electron chi connectivity index (χ2n) is 5.35. The first-order valence-electron chi connectivity index (χ1n) is 7.30. The Labute approximate surface area is 144 Å². The molecule has 2 rings (SSSR count). The van der Waals surface area contributed by atoms with Crippen molar-refractivity contribution in [3.63, 3.8) is 0 Å². The average molecular weight is 364 g/mol. The van der Waals surface area contributed by atoms with Crippen molar-refractivity contribution in [3.05, 3.63) is 24.3 Å². The van der Waals surface area contributed by atoms with Gasteiger partial charge in [0.2, 0.25) is 11.8 Å². The van der Waals surface area contributed by atoms with Crippen LogP contribution in [0.5, 0.6) is 5.75 Å². The third-order valence-electron chi connectivity index (χ3n) is 3.54. The number of carbonyl (C=O) groups is 2. The standard InChI is InChI=1S/C15H19F2N3O3.ClH/c1-9(18)13(21)19-12-3-2-8-20(14(12)22)10-4-6-11(7-5-10)23-15(16)17;/h4-7,9,12,15H,2-3,8,18H2,1H3,(H,19,21);1H/t9-,12?;/m0./s1. The van der Waals surface area contributed by atoms with Gasteiger partial charge in [-0.15, -0.1) is 12.4 Å². The summed E-state index contributed by atoms with van der Waals surface area (Å²) in [7, 11) is 0. The Morgan fingerprint density at radius 3 is 2.54 bits per heavy atom. The van der Waals surface area contributed by atoms with E-state index in [1.807, 2.05) is 0 Å². The van der Waals surface area contributed by atoms with Crippen molar-refractivity contribution in [2.45, 2.75) is 38.5 Å². The fourth-order valence-electron chi connectivity index (χ4n) is 2.38. The van der Waals surface area contributed by atoms with Crippen LogP contribution in [0.2, 0.25) is 0 Å². The lowest BCUT2D eigenvalue weighted by molar-refractivity contribution is -0.128. The van der Waals surface area contributed by atoms with Crippen molar-refractivity contribution in [1.82, 2.24) is 5.32 Å². The largest absolute Gasteiger partial charge is 0.435 e. The van der Waals surface area contributed by atoms with Gasteiger partial charge in [-0.05, 0) is 44.0 Å². The molecular weight excluding hydrogens is 344 g/mol. The highest BCUT2D eigenvalue weighted by molar-refractivity contribution is 6.00. The highest BCUT2D eigenvalue weighted by Crippen LogP contribution is 2.24. The van der Waals surface area contributed by atoms with Crippen LogP contribution in [0.3, 0.4) is 0 Å². The van der Waals surface area contributed by atoms with E-state index < -0.39 is 18.7 Å². The summed E-state index contributed by atoms with van der Waals surface area (Å²) in [5.41, 5.74) is 6.05. The minimum atomic E-state index is -2.89. The zero-order chi connectivity index (χ0) is 17.0. The molecule has 1 aromatic carbocycles. The molecule has 0 spiro atoms. The maximum absolute atomic E-state index is 12.5. The SMILES string of the molecule is C[C@H](N)C(=O)NC1CCCN(c2ccc(OC(F)F)cc2)C1=O.Cl. The Hall–Kier alpha value is -1.93. The molecule has 0 saturated carbocycles. The maximum atomic E-state index is 12.5. The van der Waals surface area contributed by atoms with Gasteiger partial charge in [0.25, 0.3) is 0 Å². The van der Waals surface area contributed by atoms with Crippen LogP contribution in [0.4, 0.5) is 14.5 Å². The van der Waals surface area contributed by atoms with Gasteiger partial charge in [0, 0.05) is 12.2 Å². The summed E-state index contributed by atoms with van der Waals surface area (Å²) in [5, 5.41) is 2.63. The molecule has 1 heterocycles. The summed E-state index contributed by atoms with van der Waals surface area (Å²) >= 11 is 0. The minimum Gasteiger partial charge on any atom is -0.435 e. The van der Waals surface area contributed by atoms with Gasteiger partial charge in [-0.1, -0.05) is 0 Å². The number of hydrogen-bond acceptors (Lipinski definition) is 4. The van der Waals surface area contributed by atoms with E-state index in [2.05, 4.69) is 10.1 Å². The van der Waals surface area contributed by atoms with Gasteiger partial charge in [0.15, 0.2) is 0 Å². The molecule has 2 amide bonds. The van der Waals surface area contributed by atoms with Crippen LogP contribution in [-0.2, 0) is 9.59 Å². The first-order valence-corrected chi connectivity index (χ1v) is 7.30. The van der Waals surface area contributed by atoms with Gasteiger partial charge in [-0.25, -0.2) is 0 Å². The second kappa shape index (κ2) is 8.79. The Bertz CT molecular complexity index is 570. The quantitative estimate of drug-likeness (QED) is 0.833. The van der Waals surface area contributed by atoms with Crippen LogP contribution in [0.1, 0.15) is 19.8 Å². The second-order valence-corrected chi connectivity index (χ2v) is 5.35. The van der Waals surface area contributed by atoms with Crippen LogP contribution in [0.15, 0.2) is 24.3 Å². The van der Waals surface area contributed by atoms with Gasteiger partial charge < -0.3 is 20.7 Å². The Morgan fingerprint density at radius 1 is 1.38 bits per heavy atom. The molecule has 1 fully saturated rings. The third kappa shape index (κ3) is 5.04. The summed E-state index contributed by atoms with van der Waals surface area (Å²) in [4.78, 5) is 25.6. The lowest BCUT2D eigenvalue weighted by Crippen LogP contribution is -2.55. The summed E-state index contributed by atoms with van der Waals surface area (Å²) in [6.45, 7) is -0.851. The van der Waals surface area contributed by atoms with Crippen LogP contribution >= 0.6 is 12.4 Å². The minimum absolute atomic E-state index is 0. The predicted molar refractivity (Wildman–Crippen MR) is 87.5 cm³/mol. The van der Waals surface area contributed by atoms with Crippen molar-refractivity contribution in [1.29, 1.82) is 0 Å². The molecule has 1 aliphatic rings. The van der Waals surface area contributed by atoms with E-state index in [1.54, 1.807) is 6.92 Å². The van der Waals surface area contributed by atoms with E-state index in [0.717, 1.165) is 0 Å².